The van der Waals surface area contributed by atoms with Gasteiger partial charge in [0.2, 0.25) is 0 Å². The van der Waals surface area contributed by atoms with Crippen LogP contribution in [0.3, 0.4) is 0 Å². The fourth-order valence-electron chi connectivity index (χ4n) is 1.41. The third kappa shape index (κ3) is 3.58. The second kappa shape index (κ2) is 5.66. The van der Waals surface area contributed by atoms with Crippen LogP contribution in [0, 0.1) is 17.0 Å². The van der Waals surface area contributed by atoms with E-state index in [1.165, 1.54) is 12.1 Å². The maximum atomic E-state index is 13.3. The van der Waals surface area contributed by atoms with Crippen LogP contribution < -0.4 is 11.1 Å². The Bertz CT molecular complexity index is 447. The molecule has 0 aliphatic carbocycles. The number of hydrogen-bond acceptors (Lipinski definition) is 3. The lowest BCUT2D eigenvalue weighted by atomic mass is 9.88. The number of halogens is 2. The largest absolute Gasteiger partial charge is 0.409 e. The van der Waals surface area contributed by atoms with Gasteiger partial charge >= 0.3 is 0 Å². The van der Waals surface area contributed by atoms with E-state index in [0.29, 0.717) is 13.0 Å². The lowest BCUT2D eigenvalue weighted by Crippen LogP contribution is -2.33. The second-order valence-electron chi connectivity index (χ2n) is 4.67. The number of rotatable bonds is 5. The van der Waals surface area contributed by atoms with Crippen LogP contribution in [0.1, 0.15) is 20.3 Å². The molecule has 0 spiro atoms. The summed E-state index contributed by atoms with van der Waals surface area (Å²) in [5.41, 5.74) is 5.26. The highest BCUT2D eigenvalue weighted by molar-refractivity contribution is 5.85. The maximum Gasteiger partial charge on any atom is 0.149 e. The van der Waals surface area contributed by atoms with E-state index in [4.69, 9.17) is 10.9 Å². The maximum absolute atomic E-state index is 13.3. The molecular formula is C12H17F2N3O. The number of amidine groups is 1. The molecule has 4 N–H and O–H groups in total. The number of oxime groups is 1. The third-order valence-electron chi connectivity index (χ3n) is 2.80. The molecule has 0 saturated heterocycles. The molecule has 0 atom stereocenters. The van der Waals surface area contributed by atoms with E-state index in [2.05, 4.69) is 10.5 Å². The Morgan fingerprint density at radius 2 is 2.11 bits per heavy atom. The van der Waals surface area contributed by atoms with Gasteiger partial charge in [0, 0.05) is 18.0 Å². The van der Waals surface area contributed by atoms with Crippen molar-refractivity contribution < 1.29 is 14.0 Å². The molecule has 0 amide bonds. The molecule has 0 aromatic heterocycles. The monoisotopic (exact) mass is 257 g/mol. The quantitative estimate of drug-likeness (QED) is 0.328. The normalized spacial score (nSPS) is 12.6. The highest BCUT2D eigenvalue weighted by atomic mass is 19.1. The van der Waals surface area contributed by atoms with Crippen molar-refractivity contribution in [2.24, 2.45) is 16.3 Å². The molecule has 1 rings (SSSR count). The van der Waals surface area contributed by atoms with Gasteiger partial charge in [-0.1, -0.05) is 19.0 Å². The average molecular weight is 257 g/mol. The van der Waals surface area contributed by atoms with Crippen LogP contribution in [-0.2, 0) is 0 Å². The lowest BCUT2D eigenvalue weighted by molar-refractivity contribution is 0.306. The van der Waals surface area contributed by atoms with Gasteiger partial charge in [-0.15, -0.1) is 0 Å². The minimum atomic E-state index is -0.642. The van der Waals surface area contributed by atoms with E-state index in [1.54, 1.807) is 0 Å². The van der Waals surface area contributed by atoms with Crippen LogP contribution in [0.4, 0.5) is 14.5 Å². The minimum Gasteiger partial charge on any atom is -0.409 e. The van der Waals surface area contributed by atoms with Crippen LogP contribution in [-0.4, -0.2) is 17.6 Å². The highest BCUT2D eigenvalue weighted by Crippen LogP contribution is 2.21. The fourth-order valence-corrected chi connectivity index (χ4v) is 1.41. The molecule has 100 valence electrons. The molecule has 0 fully saturated rings. The second-order valence-corrected chi connectivity index (χ2v) is 4.67. The molecule has 1 aromatic rings. The van der Waals surface area contributed by atoms with Crippen molar-refractivity contribution in [1.29, 1.82) is 0 Å². The molecule has 0 radical (unpaired) electrons. The summed E-state index contributed by atoms with van der Waals surface area (Å²) in [4.78, 5) is 0. The summed E-state index contributed by atoms with van der Waals surface area (Å²) in [7, 11) is 0. The predicted molar refractivity (Wildman–Crippen MR) is 66.7 cm³/mol. The molecule has 0 aliphatic rings. The van der Waals surface area contributed by atoms with E-state index in [0.717, 1.165) is 6.07 Å². The Labute approximate surface area is 104 Å². The van der Waals surface area contributed by atoms with E-state index in [-0.39, 0.29) is 11.5 Å². The van der Waals surface area contributed by atoms with Crippen molar-refractivity contribution in [2.45, 2.75) is 20.3 Å². The predicted octanol–water partition coefficient (Wildman–Crippen LogP) is 2.54. The van der Waals surface area contributed by atoms with E-state index < -0.39 is 17.0 Å². The standard InChI is InChI=1S/C12H17F2N3O/c1-12(2,11(15)17-18)5-6-16-10-4-3-8(13)7-9(10)14/h3-4,7,16,18H,5-6H2,1-2H3,(H2,15,17). The zero-order chi connectivity index (χ0) is 13.8. The summed E-state index contributed by atoms with van der Waals surface area (Å²) in [5, 5.41) is 14.4. The number of nitrogens with zero attached hydrogens (tertiary/aromatic N) is 1. The molecule has 0 heterocycles. The first kappa shape index (κ1) is 14.2. The van der Waals surface area contributed by atoms with E-state index in [1.807, 2.05) is 13.8 Å². The molecule has 0 bridgehead atoms. The lowest BCUT2D eigenvalue weighted by Gasteiger charge is -2.23. The van der Waals surface area contributed by atoms with Crippen LogP contribution in [0.15, 0.2) is 23.4 Å². The van der Waals surface area contributed by atoms with Crippen LogP contribution in [0.5, 0.6) is 0 Å². The fraction of sp³-hybridized carbons (Fsp3) is 0.417. The summed E-state index contributed by atoms with van der Waals surface area (Å²) in [5.74, 6) is -1.14. The van der Waals surface area contributed by atoms with Gasteiger partial charge in [-0.2, -0.15) is 0 Å². The smallest absolute Gasteiger partial charge is 0.149 e. The van der Waals surface area contributed by atoms with Crippen molar-refractivity contribution in [2.75, 3.05) is 11.9 Å². The number of nitrogens with one attached hydrogen (secondary N) is 1. The van der Waals surface area contributed by atoms with Crippen LogP contribution in [0.2, 0.25) is 0 Å². The van der Waals surface area contributed by atoms with Crippen molar-refractivity contribution in [3.8, 4) is 0 Å². The SMILES string of the molecule is CC(C)(CCNc1ccc(F)cc1F)C(N)=NO. The van der Waals surface area contributed by atoms with Gasteiger partial charge in [-0.25, -0.2) is 8.78 Å². The number of nitrogens with two attached hydrogens (primary N) is 1. The summed E-state index contributed by atoms with van der Waals surface area (Å²) < 4.78 is 26.0. The summed E-state index contributed by atoms with van der Waals surface area (Å²) in [6.07, 6.45) is 0.541. The number of benzene rings is 1. The van der Waals surface area contributed by atoms with Gasteiger partial charge < -0.3 is 16.3 Å². The van der Waals surface area contributed by atoms with Gasteiger partial charge in [-0.05, 0) is 18.6 Å². The summed E-state index contributed by atoms with van der Waals surface area (Å²) in [6, 6.07) is 3.33. The first-order valence-electron chi connectivity index (χ1n) is 5.54. The van der Waals surface area contributed by atoms with Crippen molar-refractivity contribution in [3.05, 3.63) is 29.8 Å². The Morgan fingerprint density at radius 3 is 2.67 bits per heavy atom. The van der Waals surface area contributed by atoms with Gasteiger partial charge in [0.25, 0.3) is 0 Å². The van der Waals surface area contributed by atoms with Gasteiger partial charge in [0.05, 0.1) is 5.69 Å². The molecule has 0 unspecified atom stereocenters. The Morgan fingerprint density at radius 1 is 1.44 bits per heavy atom. The highest BCUT2D eigenvalue weighted by Gasteiger charge is 2.23. The molecule has 4 nitrogen and oxygen atoms in total. The topological polar surface area (TPSA) is 70.6 Å². The first-order chi connectivity index (χ1) is 8.36. The average Bonchev–Trinajstić information content (AvgIpc) is 2.30. The molecule has 1 aromatic carbocycles. The zero-order valence-corrected chi connectivity index (χ0v) is 10.4. The molecular weight excluding hydrogens is 240 g/mol. The molecule has 0 aliphatic heterocycles. The van der Waals surface area contributed by atoms with E-state index in [9.17, 15) is 8.78 Å². The molecule has 6 heteroatoms. The first-order valence-corrected chi connectivity index (χ1v) is 5.54. The summed E-state index contributed by atoms with van der Waals surface area (Å²) in [6.45, 7) is 4.04. The van der Waals surface area contributed by atoms with Crippen LogP contribution >= 0.6 is 0 Å². The Kier molecular flexibility index (Phi) is 4.47. The Balaban J connectivity index is 2.57. The number of hydrogen-bond donors (Lipinski definition) is 3. The summed E-state index contributed by atoms with van der Waals surface area (Å²) >= 11 is 0. The van der Waals surface area contributed by atoms with Crippen molar-refractivity contribution in [3.63, 3.8) is 0 Å². The van der Waals surface area contributed by atoms with Crippen molar-refractivity contribution in [1.82, 2.24) is 0 Å². The molecule has 0 saturated carbocycles. The van der Waals surface area contributed by atoms with Gasteiger partial charge in [0.1, 0.15) is 17.5 Å². The van der Waals surface area contributed by atoms with Crippen LogP contribution in [0.25, 0.3) is 0 Å². The zero-order valence-electron chi connectivity index (χ0n) is 10.4. The van der Waals surface area contributed by atoms with Gasteiger partial charge in [0.15, 0.2) is 0 Å². The van der Waals surface area contributed by atoms with Gasteiger partial charge in [-0.3, -0.25) is 0 Å². The van der Waals surface area contributed by atoms with Crippen molar-refractivity contribution >= 4 is 11.5 Å². The minimum absolute atomic E-state index is 0.115. The third-order valence-corrected chi connectivity index (χ3v) is 2.80. The molecule has 18 heavy (non-hydrogen) atoms. The Hall–Kier alpha value is -1.85. The van der Waals surface area contributed by atoms with E-state index >= 15 is 0 Å². The number of anilines is 1.